The maximum absolute atomic E-state index is 13.2. The van der Waals surface area contributed by atoms with Crippen molar-refractivity contribution in [3.05, 3.63) is 63.3 Å². The number of hydrogen-bond donors (Lipinski definition) is 2. The normalized spacial score (nSPS) is 10.8. The fourth-order valence-corrected chi connectivity index (χ4v) is 3.60. The minimum absolute atomic E-state index is 0.110. The van der Waals surface area contributed by atoms with Crippen molar-refractivity contribution in [2.45, 2.75) is 13.3 Å². The van der Waals surface area contributed by atoms with Crippen LogP contribution in [0.1, 0.15) is 21.6 Å². The number of rotatable bonds is 6. The van der Waals surface area contributed by atoms with Crippen molar-refractivity contribution < 1.29 is 24.2 Å². The Labute approximate surface area is 182 Å². The number of halogens is 2. The van der Waals surface area contributed by atoms with Gasteiger partial charge in [-0.05, 0) is 48.9 Å². The van der Waals surface area contributed by atoms with Crippen LogP contribution in [0.5, 0.6) is 5.75 Å². The highest BCUT2D eigenvalue weighted by Crippen LogP contribution is 2.35. The number of methoxy groups -OCH3 is 1. The summed E-state index contributed by atoms with van der Waals surface area (Å²) in [5.74, 6) is -1.54. The van der Waals surface area contributed by atoms with Crippen molar-refractivity contribution in [2.75, 3.05) is 13.7 Å². The summed E-state index contributed by atoms with van der Waals surface area (Å²) in [6, 6.07) is 9.73. The molecular weight excluding hydrogens is 431 g/mol. The molecule has 0 saturated heterocycles. The average Bonchev–Trinajstić information content (AvgIpc) is 2.96. The van der Waals surface area contributed by atoms with Gasteiger partial charge in [0.1, 0.15) is 12.3 Å². The monoisotopic (exact) mass is 448 g/mol. The third kappa shape index (κ3) is 4.27. The summed E-state index contributed by atoms with van der Waals surface area (Å²) in [6.07, 6.45) is -0.110. The molecule has 0 saturated carbocycles. The van der Waals surface area contributed by atoms with Crippen LogP contribution < -0.4 is 10.1 Å². The third-order valence-corrected chi connectivity index (χ3v) is 5.22. The zero-order chi connectivity index (χ0) is 22.0. The minimum atomic E-state index is -1.14. The number of nitrogens with one attached hydrogen (secondary N) is 1. The molecule has 9 heteroatoms. The summed E-state index contributed by atoms with van der Waals surface area (Å²) in [5.41, 5.74) is 2.04. The van der Waals surface area contributed by atoms with E-state index in [2.05, 4.69) is 5.32 Å². The van der Waals surface area contributed by atoms with Gasteiger partial charge in [0.15, 0.2) is 0 Å². The van der Waals surface area contributed by atoms with Crippen molar-refractivity contribution in [1.29, 1.82) is 0 Å². The molecule has 3 aromatic rings. The number of carboxylic acid groups (broad SMARTS) is 1. The smallest absolute Gasteiger partial charge is 0.322 e. The molecule has 1 aromatic heterocycles. The number of carbonyl (C=O) groups excluding carboxylic acids is 2. The van der Waals surface area contributed by atoms with Gasteiger partial charge in [0.05, 0.1) is 24.1 Å². The number of amides is 1. The van der Waals surface area contributed by atoms with E-state index in [9.17, 15) is 14.4 Å². The van der Waals surface area contributed by atoms with E-state index in [1.54, 1.807) is 43.3 Å². The Morgan fingerprint density at radius 3 is 2.40 bits per heavy atom. The van der Waals surface area contributed by atoms with Gasteiger partial charge in [-0.1, -0.05) is 23.2 Å². The molecular formula is C21H18Cl2N2O5. The molecule has 1 heterocycles. The van der Waals surface area contributed by atoms with Gasteiger partial charge in [0.25, 0.3) is 5.91 Å². The van der Waals surface area contributed by atoms with Crippen LogP contribution >= 0.6 is 23.2 Å². The van der Waals surface area contributed by atoms with E-state index in [1.165, 1.54) is 11.7 Å². The first-order valence-electron chi connectivity index (χ1n) is 8.89. The van der Waals surface area contributed by atoms with Gasteiger partial charge in [-0.3, -0.25) is 19.0 Å². The van der Waals surface area contributed by atoms with E-state index in [0.717, 1.165) is 0 Å². The SMILES string of the molecule is COc1cc2c(CC(=O)NCC(=O)O)c(C)n(C(=O)c3ccc(Cl)cc3)c2cc1Cl. The fourth-order valence-electron chi connectivity index (χ4n) is 3.24. The van der Waals surface area contributed by atoms with Crippen LogP contribution in [0.15, 0.2) is 36.4 Å². The maximum atomic E-state index is 13.2. The number of carbonyl (C=O) groups is 3. The second-order valence-electron chi connectivity index (χ2n) is 6.56. The molecule has 2 aromatic carbocycles. The van der Waals surface area contributed by atoms with Crippen LogP contribution in [-0.4, -0.2) is 41.1 Å². The Kier molecular flexibility index (Phi) is 6.34. The highest BCUT2D eigenvalue weighted by Gasteiger charge is 2.23. The molecule has 0 atom stereocenters. The number of fused-ring (bicyclic) bond motifs is 1. The summed E-state index contributed by atoms with van der Waals surface area (Å²) >= 11 is 12.2. The lowest BCUT2D eigenvalue weighted by Gasteiger charge is -2.09. The molecule has 0 aliphatic rings. The third-order valence-electron chi connectivity index (χ3n) is 4.68. The second kappa shape index (κ2) is 8.77. The summed E-state index contributed by atoms with van der Waals surface area (Å²) in [6.45, 7) is 1.23. The molecule has 156 valence electrons. The highest BCUT2D eigenvalue weighted by molar-refractivity contribution is 6.33. The summed E-state index contributed by atoms with van der Waals surface area (Å²) in [4.78, 5) is 36.2. The van der Waals surface area contributed by atoms with Crippen LogP contribution in [0.25, 0.3) is 10.9 Å². The molecule has 7 nitrogen and oxygen atoms in total. The van der Waals surface area contributed by atoms with Gasteiger partial charge in [-0.25, -0.2) is 0 Å². The standard InChI is InChI=1S/C21H18Cl2N2O5/c1-11-14(8-19(26)24-10-20(27)28)15-7-18(30-2)16(23)9-17(15)25(11)21(29)12-3-5-13(22)6-4-12/h3-7,9H,8,10H2,1-2H3,(H,24,26)(H,27,28). The molecule has 2 N–H and O–H groups in total. The van der Waals surface area contributed by atoms with Crippen LogP contribution in [0, 0.1) is 6.92 Å². The number of hydrogen-bond acceptors (Lipinski definition) is 4. The largest absolute Gasteiger partial charge is 0.495 e. The number of nitrogens with zero attached hydrogens (tertiary/aromatic N) is 1. The predicted octanol–water partition coefficient (Wildman–Crippen LogP) is 3.70. The highest BCUT2D eigenvalue weighted by atomic mass is 35.5. The van der Waals surface area contributed by atoms with Crippen molar-refractivity contribution in [1.82, 2.24) is 9.88 Å². The van der Waals surface area contributed by atoms with Crippen LogP contribution in [0.2, 0.25) is 10.0 Å². The minimum Gasteiger partial charge on any atom is -0.495 e. The number of aromatic nitrogens is 1. The Balaban J connectivity index is 2.14. The molecule has 0 aliphatic heterocycles. The summed E-state index contributed by atoms with van der Waals surface area (Å²) in [5, 5.41) is 12.5. The van der Waals surface area contributed by atoms with Gasteiger partial charge < -0.3 is 15.2 Å². The molecule has 3 rings (SSSR count). The molecule has 0 bridgehead atoms. The second-order valence-corrected chi connectivity index (χ2v) is 7.41. The first kappa shape index (κ1) is 21.7. The Morgan fingerprint density at radius 1 is 1.13 bits per heavy atom. The van der Waals surface area contributed by atoms with E-state index in [0.29, 0.717) is 43.5 Å². The van der Waals surface area contributed by atoms with Gasteiger partial charge in [0, 0.05) is 21.7 Å². The van der Waals surface area contributed by atoms with Gasteiger partial charge >= 0.3 is 5.97 Å². The van der Waals surface area contributed by atoms with Crippen molar-refractivity contribution in [3.8, 4) is 5.75 Å². The number of carboxylic acids is 1. The van der Waals surface area contributed by atoms with E-state index >= 15 is 0 Å². The summed E-state index contributed by atoms with van der Waals surface area (Å²) < 4.78 is 6.76. The molecule has 0 unspecified atom stereocenters. The molecule has 0 radical (unpaired) electrons. The molecule has 0 spiro atoms. The predicted molar refractivity (Wildman–Crippen MR) is 114 cm³/mol. The quantitative estimate of drug-likeness (QED) is 0.598. The molecule has 0 aliphatic carbocycles. The van der Waals surface area contributed by atoms with Crippen LogP contribution in [0.4, 0.5) is 0 Å². The van der Waals surface area contributed by atoms with E-state index in [-0.39, 0.29) is 12.3 Å². The Morgan fingerprint density at radius 2 is 1.80 bits per heavy atom. The van der Waals surface area contributed by atoms with Crippen molar-refractivity contribution in [2.24, 2.45) is 0 Å². The topological polar surface area (TPSA) is 97.6 Å². The number of benzene rings is 2. The zero-order valence-corrected chi connectivity index (χ0v) is 17.7. The first-order valence-corrected chi connectivity index (χ1v) is 9.64. The number of aliphatic carboxylic acids is 1. The molecule has 1 amide bonds. The van der Waals surface area contributed by atoms with Crippen molar-refractivity contribution >= 4 is 51.9 Å². The van der Waals surface area contributed by atoms with E-state index < -0.39 is 18.4 Å². The lowest BCUT2D eigenvalue weighted by molar-refractivity contribution is -0.137. The van der Waals surface area contributed by atoms with Gasteiger partial charge in [0.2, 0.25) is 5.91 Å². The zero-order valence-electron chi connectivity index (χ0n) is 16.2. The fraction of sp³-hybridized carbons (Fsp3) is 0.190. The van der Waals surface area contributed by atoms with E-state index in [4.69, 9.17) is 33.0 Å². The first-order chi connectivity index (χ1) is 14.2. The Hall–Kier alpha value is -3.03. The van der Waals surface area contributed by atoms with Gasteiger partial charge in [-0.2, -0.15) is 0 Å². The molecule has 0 fully saturated rings. The van der Waals surface area contributed by atoms with Crippen LogP contribution in [-0.2, 0) is 16.0 Å². The lowest BCUT2D eigenvalue weighted by Crippen LogP contribution is -2.30. The Bertz CT molecular complexity index is 1150. The van der Waals surface area contributed by atoms with Crippen LogP contribution in [0.3, 0.4) is 0 Å². The number of ether oxygens (including phenoxy) is 1. The summed E-state index contributed by atoms with van der Waals surface area (Å²) in [7, 11) is 1.47. The average molecular weight is 449 g/mol. The van der Waals surface area contributed by atoms with Crippen molar-refractivity contribution in [3.63, 3.8) is 0 Å². The lowest BCUT2D eigenvalue weighted by atomic mass is 10.1. The van der Waals surface area contributed by atoms with Gasteiger partial charge in [-0.15, -0.1) is 0 Å². The van der Waals surface area contributed by atoms with E-state index in [1.807, 2.05) is 0 Å². The molecule has 30 heavy (non-hydrogen) atoms. The maximum Gasteiger partial charge on any atom is 0.322 e.